The summed E-state index contributed by atoms with van der Waals surface area (Å²) in [6.07, 6.45) is 0. The SMILES string of the molecule is O=C(CBr)c1ccc(I)c(-c2ccc(F)cc2)c1. The summed E-state index contributed by atoms with van der Waals surface area (Å²) < 4.78 is 13.9. The van der Waals surface area contributed by atoms with Crippen molar-refractivity contribution in [2.75, 3.05) is 5.33 Å². The lowest BCUT2D eigenvalue weighted by atomic mass is 10.0. The van der Waals surface area contributed by atoms with Gasteiger partial charge in [-0.15, -0.1) is 0 Å². The van der Waals surface area contributed by atoms with Crippen LogP contribution in [0.1, 0.15) is 10.4 Å². The summed E-state index contributed by atoms with van der Waals surface area (Å²) in [7, 11) is 0. The molecule has 0 heterocycles. The molecule has 0 amide bonds. The van der Waals surface area contributed by atoms with Crippen molar-refractivity contribution in [1.82, 2.24) is 0 Å². The van der Waals surface area contributed by atoms with Crippen molar-refractivity contribution in [2.24, 2.45) is 0 Å². The van der Waals surface area contributed by atoms with Crippen molar-refractivity contribution >= 4 is 44.3 Å². The Morgan fingerprint density at radius 2 is 1.83 bits per heavy atom. The number of rotatable bonds is 3. The molecule has 0 fully saturated rings. The number of ketones is 1. The van der Waals surface area contributed by atoms with Crippen LogP contribution in [0, 0.1) is 9.39 Å². The molecule has 0 N–H and O–H groups in total. The maximum Gasteiger partial charge on any atom is 0.173 e. The number of hydrogen-bond acceptors (Lipinski definition) is 1. The highest BCUT2D eigenvalue weighted by Crippen LogP contribution is 2.27. The van der Waals surface area contributed by atoms with E-state index in [2.05, 4.69) is 38.5 Å². The first-order valence-corrected chi connectivity index (χ1v) is 7.46. The van der Waals surface area contributed by atoms with E-state index in [0.29, 0.717) is 10.9 Å². The number of hydrogen-bond donors (Lipinski definition) is 0. The molecule has 2 aromatic rings. The lowest BCUT2D eigenvalue weighted by Gasteiger charge is -2.07. The van der Waals surface area contributed by atoms with Gasteiger partial charge in [0.25, 0.3) is 0 Å². The van der Waals surface area contributed by atoms with Crippen molar-refractivity contribution in [2.45, 2.75) is 0 Å². The minimum Gasteiger partial charge on any atom is -0.293 e. The van der Waals surface area contributed by atoms with Crippen LogP contribution in [-0.2, 0) is 0 Å². The first-order chi connectivity index (χ1) is 8.61. The maximum absolute atomic E-state index is 12.9. The number of alkyl halides is 1. The molecule has 0 aromatic heterocycles. The van der Waals surface area contributed by atoms with Gasteiger partial charge in [0.1, 0.15) is 5.82 Å². The summed E-state index contributed by atoms with van der Waals surface area (Å²) in [6.45, 7) is 0. The van der Waals surface area contributed by atoms with E-state index in [1.807, 2.05) is 12.1 Å². The van der Waals surface area contributed by atoms with Gasteiger partial charge in [0.2, 0.25) is 0 Å². The van der Waals surface area contributed by atoms with Crippen molar-refractivity contribution in [1.29, 1.82) is 0 Å². The predicted octanol–water partition coefficient (Wildman–Crippen LogP) is 4.67. The number of benzene rings is 2. The number of carbonyl (C=O) groups is 1. The van der Waals surface area contributed by atoms with E-state index >= 15 is 0 Å². The average Bonchev–Trinajstić information content (AvgIpc) is 2.39. The Balaban J connectivity index is 2.49. The largest absolute Gasteiger partial charge is 0.293 e. The molecular formula is C14H9BrFIO. The molecule has 0 bridgehead atoms. The zero-order valence-corrected chi connectivity index (χ0v) is 13.0. The minimum absolute atomic E-state index is 0.0368. The maximum atomic E-state index is 12.9. The van der Waals surface area contributed by atoms with Crippen molar-refractivity contribution in [3.63, 3.8) is 0 Å². The molecular weight excluding hydrogens is 410 g/mol. The van der Waals surface area contributed by atoms with Crippen LogP contribution >= 0.6 is 38.5 Å². The Bertz CT molecular complexity index is 581. The Morgan fingerprint density at radius 1 is 1.17 bits per heavy atom. The second kappa shape index (κ2) is 5.93. The molecule has 0 saturated heterocycles. The summed E-state index contributed by atoms with van der Waals surface area (Å²) >= 11 is 5.37. The van der Waals surface area contributed by atoms with Crippen LogP contribution in [0.4, 0.5) is 4.39 Å². The lowest BCUT2D eigenvalue weighted by molar-refractivity contribution is 0.102. The molecule has 18 heavy (non-hydrogen) atoms. The van der Waals surface area contributed by atoms with E-state index in [1.165, 1.54) is 12.1 Å². The van der Waals surface area contributed by atoms with Gasteiger partial charge >= 0.3 is 0 Å². The molecule has 0 aliphatic rings. The third-order valence-electron chi connectivity index (χ3n) is 2.56. The van der Waals surface area contributed by atoms with Crippen LogP contribution in [0.2, 0.25) is 0 Å². The Labute approximate surface area is 127 Å². The highest BCUT2D eigenvalue weighted by atomic mass is 127. The van der Waals surface area contributed by atoms with Gasteiger partial charge in [-0.05, 0) is 58.0 Å². The number of carbonyl (C=O) groups excluding carboxylic acids is 1. The van der Waals surface area contributed by atoms with Crippen LogP contribution < -0.4 is 0 Å². The van der Waals surface area contributed by atoms with Gasteiger partial charge in [-0.1, -0.05) is 34.1 Å². The van der Waals surface area contributed by atoms with Gasteiger partial charge in [-0.25, -0.2) is 4.39 Å². The molecule has 0 aliphatic heterocycles. The summed E-state index contributed by atoms with van der Waals surface area (Å²) in [4.78, 5) is 11.7. The molecule has 0 saturated carbocycles. The fourth-order valence-corrected chi connectivity index (χ4v) is 2.60. The third kappa shape index (κ3) is 2.98. The second-order valence-corrected chi connectivity index (χ2v) is 5.48. The Kier molecular flexibility index (Phi) is 4.50. The second-order valence-electron chi connectivity index (χ2n) is 3.76. The molecule has 0 atom stereocenters. The average molecular weight is 419 g/mol. The molecule has 0 spiro atoms. The minimum atomic E-state index is -0.263. The van der Waals surface area contributed by atoms with Crippen LogP contribution in [0.3, 0.4) is 0 Å². The summed E-state index contributed by atoms with van der Waals surface area (Å²) in [5, 5.41) is 0.302. The topological polar surface area (TPSA) is 17.1 Å². The predicted molar refractivity (Wildman–Crippen MR) is 82.7 cm³/mol. The fraction of sp³-hybridized carbons (Fsp3) is 0.0714. The van der Waals surface area contributed by atoms with Crippen molar-refractivity contribution in [3.05, 3.63) is 57.4 Å². The van der Waals surface area contributed by atoms with Crippen molar-refractivity contribution < 1.29 is 9.18 Å². The van der Waals surface area contributed by atoms with Crippen LogP contribution in [-0.4, -0.2) is 11.1 Å². The summed E-state index contributed by atoms with van der Waals surface area (Å²) in [5.74, 6) is -0.226. The van der Waals surface area contributed by atoms with E-state index in [4.69, 9.17) is 0 Å². The van der Waals surface area contributed by atoms with Gasteiger partial charge < -0.3 is 0 Å². The molecule has 1 nitrogen and oxygen atoms in total. The number of Topliss-reactive ketones (excluding diaryl/α,β-unsaturated/α-hetero) is 1. The fourth-order valence-electron chi connectivity index (χ4n) is 1.63. The monoisotopic (exact) mass is 418 g/mol. The first-order valence-electron chi connectivity index (χ1n) is 5.26. The van der Waals surface area contributed by atoms with E-state index in [9.17, 15) is 9.18 Å². The van der Waals surface area contributed by atoms with Gasteiger partial charge in [-0.3, -0.25) is 4.79 Å². The van der Waals surface area contributed by atoms with Crippen LogP contribution in [0.5, 0.6) is 0 Å². The van der Waals surface area contributed by atoms with Gasteiger partial charge in [0, 0.05) is 9.13 Å². The normalized spacial score (nSPS) is 10.4. The van der Waals surface area contributed by atoms with Gasteiger partial charge in [0.15, 0.2) is 5.78 Å². The molecule has 0 radical (unpaired) electrons. The zero-order valence-electron chi connectivity index (χ0n) is 9.29. The van der Waals surface area contributed by atoms with E-state index in [-0.39, 0.29) is 11.6 Å². The molecule has 92 valence electrons. The Hall–Kier alpha value is -0.750. The zero-order chi connectivity index (χ0) is 13.1. The number of halogens is 3. The van der Waals surface area contributed by atoms with E-state index in [1.54, 1.807) is 18.2 Å². The lowest BCUT2D eigenvalue weighted by Crippen LogP contribution is -2.00. The molecule has 0 aliphatic carbocycles. The smallest absolute Gasteiger partial charge is 0.173 e. The molecule has 0 unspecified atom stereocenters. The van der Waals surface area contributed by atoms with Crippen LogP contribution in [0.15, 0.2) is 42.5 Å². The quantitative estimate of drug-likeness (QED) is 0.402. The van der Waals surface area contributed by atoms with Gasteiger partial charge in [0.05, 0.1) is 5.33 Å². The summed E-state index contributed by atoms with van der Waals surface area (Å²) in [5.41, 5.74) is 2.51. The molecule has 2 rings (SSSR count). The van der Waals surface area contributed by atoms with E-state index in [0.717, 1.165) is 14.7 Å². The first kappa shape index (κ1) is 13.7. The molecule has 2 aromatic carbocycles. The molecule has 4 heteroatoms. The van der Waals surface area contributed by atoms with Gasteiger partial charge in [-0.2, -0.15) is 0 Å². The van der Waals surface area contributed by atoms with Crippen LogP contribution in [0.25, 0.3) is 11.1 Å². The highest BCUT2D eigenvalue weighted by Gasteiger charge is 2.09. The summed E-state index contributed by atoms with van der Waals surface area (Å²) in [6, 6.07) is 11.8. The van der Waals surface area contributed by atoms with E-state index < -0.39 is 0 Å². The highest BCUT2D eigenvalue weighted by molar-refractivity contribution is 14.1. The standard InChI is InChI=1S/C14H9BrFIO/c15-8-14(18)10-3-6-13(17)12(7-10)9-1-4-11(16)5-2-9/h1-7H,8H2. The van der Waals surface area contributed by atoms with Crippen molar-refractivity contribution in [3.8, 4) is 11.1 Å². The third-order valence-corrected chi connectivity index (χ3v) is 4.01. The Morgan fingerprint density at radius 3 is 2.44 bits per heavy atom.